The fraction of sp³-hybridized carbons (Fsp3) is 0.375. The Bertz CT molecular complexity index is 1150. The van der Waals surface area contributed by atoms with Gasteiger partial charge in [0.1, 0.15) is 6.04 Å². The minimum absolute atomic E-state index is 0.0227. The van der Waals surface area contributed by atoms with E-state index < -0.39 is 6.04 Å². The standard InChI is InChI=1S/C32H38N2O2/c1-24-12-11-16-27(20-24)23-34(31(35)22-28-17-10-9-13-25(28)2)30(21-26-14-5-3-6-15-26)32(36)33-29-18-7-4-8-19-29/h3,5-6,9-17,20,29-30H,4,7-8,18-19,21-23H2,1-2H3,(H,33,36)/t30-/m0/s1. The van der Waals surface area contributed by atoms with Gasteiger partial charge in [0.25, 0.3) is 0 Å². The molecule has 4 nitrogen and oxygen atoms in total. The lowest BCUT2D eigenvalue weighted by atomic mass is 9.94. The van der Waals surface area contributed by atoms with Crippen molar-refractivity contribution in [1.82, 2.24) is 10.2 Å². The highest BCUT2D eigenvalue weighted by atomic mass is 16.2. The van der Waals surface area contributed by atoms with Crippen LogP contribution in [0.4, 0.5) is 0 Å². The normalized spacial score (nSPS) is 14.7. The SMILES string of the molecule is Cc1cccc(CN(C(=O)Cc2ccccc2C)[C@@H](Cc2ccccc2)C(=O)NC2CCCCC2)c1. The van der Waals surface area contributed by atoms with E-state index in [-0.39, 0.29) is 24.3 Å². The van der Waals surface area contributed by atoms with E-state index >= 15 is 0 Å². The van der Waals surface area contributed by atoms with Crippen molar-refractivity contribution in [2.45, 2.75) is 77.4 Å². The summed E-state index contributed by atoms with van der Waals surface area (Å²) in [5.41, 5.74) is 5.33. The van der Waals surface area contributed by atoms with Crippen molar-refractivity contribution in [1.29, 1.82) is 0 Å². The van der Waals surface area contributed by atoms with Crippen molar-refractivity contribution in [2.75, 3.05) is 0 Å². The molecule has 1 aliphatic carbocycles. The molecule has 0 bridgehead atoms. The highest BCUT2D eigenvalue weighted by molar-refractivity contribution is 5.89. The number of nitrogens with one attached hydrogen (secondary N) is 1. The van der Waals surface area contributed by atoms with E-state index in [9.17, 15) is 9.59 Å². The van der Waals surface area contributed by atoms with E-state index in [1.165, 1.54) is 6.42 Å². The molecule has 0 heterocycles. The van der Waals surface area contributed by atoms with Crippen molar-refractivity contribution in [3.8, 4) is 0 Å². The maximum absolute atomic E-state index is 13.9. The summed E-state index contributed by atoms with van der Waals surface area (Å²) < 4.78 is 0. The van der Waals surface area contributed by atoms with Crippen molar-refractivity contribution < 1.29 is 9.59 Å². The van der Waals surface area contributed by atoms with E-state index in [2.05, 4.69) is 24.4 Å². The maximum Gasteiger partial charge on any atom is 0.243 e. The largest absolute Gasteiger partial charge is 0.352 e. The first-order valence-corrected chi connectivity index (χ1v) is 13.2. The summed E-state index contributed by atoms with van der Waals surface area (Å²) in [5.74, 6) is -0.0675. The topological polar surface area (TPSA) is 49.4 Å². The number of carbonyl (C=O) groups excluding carboxylic acids is 2. The Morgan fingerprint density at radius 1 is 0.861 bits per heavy atom. The predicted octanol–water partition coefficient (Wildman–Crippen LogP) is 5.93. The molecule has 1 fully saturated rings. The van der Waals surface area contributed by atoms with Crippen molar-refractivity contribution in [2.24, 2.45) is 0 Å². The van der Waals surface area contributed by atoms with Crippen molar-refractivity contribution in [3.05, 3.63) is 107 Å². The molecule has 4 heteroatoms. The number of benzene rings is 3. The molecule has 0 radical (unpaired) electrons. The Balaban J connectivity index is 1.66. The summed E-state index contributed by atoms with van der Waals surface area (Å²) in [7, 11) is 0. The molecule has 0 aromatic heterocycles. The van der Waals surface area contributed by atoms with Crippen LogP contribution in [0.25, 0.3) is 0 Å². The van der Waals surface area contributed by atoms with Gasteiger partial charge in [0.2, 0.25) is 11.8 Å². The summed E-state index contributed by atoms with van der Waals surface area (Å²) in [6.07, 6.45) is 6.32. The second-order valence-corrected chi connectivity index (χ2v) is 10.2. The van der Waals surface area contributed by atoms with Crippen LogP contribution in [0, 0.1) is 13.8 Å². The molecule has 36 heavy (non-hydrogen) atoms. The van der Waals surface area contributed by atoms with E-state index in [4.69, 9.17) is 0 Å². The van der Waals surface area contributed by atoms with Crippen LogP contribution >= 0.6 is 0 Å². The Morgan fingerprint density at radius 2 is 1.56 bits per heavy atom. The Morgan fingerprint density at radius 3 is 2.28 bits per heavy atom. The average molecular weight is 483 g/mol. The van der Waals surface area contributed by atoms with Gasteiger partial charge in [-0.25, -0.2) is 0 Å². The van der Waals surface area contributed by atoms with Crippen LogP contribution in [0.5, 0.6) is 0 Å². The first kappa shape index (κ1) is 25.7. The third kappa shape index (κ3) is 7.07. The zero-order valence-corrected chi connectivity index (χ0v) is 21.6. The van der Waals surface area contributed by atoms with Gasteiger partial charge in [0.05, 0.1) is 6.42 Å². The fourth-order valence-corrected chi connectivity index (χ4v) is 5.18. The molecule has 4 rings (SSSR count). The van der Waals surface area contributed by atoms with Gasteiger partial charge < -0.3 is 10.2 Å². The molecule has 1 atom stereocenters. The van der Waals surface area contributed by atoms with Gasteiger partial charge in [-0.1, -0.05) is 104 Å². The minimum Gasteiger partial charge on any atom is -0.352 e. The molecule has 3 aromatic rings. The lowest BCUT2D eigenvalue weighted by Gasteiger charge is -2.33. The molecule has 2 amide bonds. The van der Waals surface area contributed by atoms with Gasteiger partial charge in [-0.15, -0.1) is 0 Å². The fourth-order valence-electron chi connectivity index (χ4n) is 5.18. The number of hydrogen-bond acceptors (Lipinski definition) is 2. The van der Waals surface area contributed by atoms with Crippen LogP contribution in [0.1, 0.15) is 59.9 Å². The third-order valence-electron chi connectivity index (χ3n) is 7.26. The molecule has 0 saturated heterocycles. The van der Waals surface area contributed by atoms with Crippen molar-refractivity contribution in [3.63, 3.8) is 0 Å². The number of amides is 2. The van der Waals surface area contributed by atoms with E-state index in [0.29, 0.717) is 13.0 Å². The predicted molar refractivity (Wildman–Crippen MR) is 146 cm³/mol. The smallest absolute Gasteiger partial charge is 0.243 e. The molecule has 188 valence electrons. The summed E-state index contributed by atoms with van der Waals surface area (Å²) >= 11 is 0. The van der Waals surface area contributed by atoms with Gasteiger partial charge in [-0.05, 0) is 48.9 Å². The molecule has 3 aromatic carbocycles. The third-order valence-corrected chi connectivity index (χ3v) is 7.26. The van der Waals surface area contributed by atoms with Crippen LogP contribution < -0.4 is 5.32 Å². The van der Waals surface area contributed by atoms with Gasteiger partial charge in [-0.2, -0.15) is 0 Å². The number of nitrogens with zero attached hydrogens (tertiary/aromatic N) is 1. The maximum atomic E-state index is 13.9. The lowest BCUT2D eigenvalue weighted by Crippen LogP contribution is -2.53. The molecule has 0 aliphatic heterocycles. The quantitative estimate of drug-likeness (QED) is 0.411. The van der Waals surface area contributed by atoms with Gasteiger partial charge in [-0.3, -0.25) is 9.59 Å². The molecule has 0 unspecified atom stereocenters. The number of rotatable bonds is 9. The number of carbonyl (C=O) groups is 2. The molecule has 0 spiro atoms. The van der Waals surface area contributed by atoms with Crippen LogP contribution in [-0.4, -0.2) is 28.8 Å². The zero-order valence-electron chi connectivity index (χ0n) is 21.6. The van der Waals surface area contributed by atoms with E-state index in [1.807, 2.05) is 78.6 Å². The van der Waals surface area contributed by atoms with Gasteiger partial charge >= 0.3 is 0 Å². The summed E-state index contributed by atoms with van der Waals surface area (Å²) in [6.45, 7) is 4.49. The lowest BCUT2D eigenvalue weighted by molar-refractivity contribution is -0.141. The van der Waals surface area contributed by atoms with Gasteiger partial charge in [0.15, 0.2) is 0 Å². The Hall–Kier alpha value is -3.40. The average Bonchev–Trinajstić information content (AvgIpc) is 2.88. The molecular formula is C32H38N2O2. The molecule has 1 saturated carbocycles. The Kier molecular flexibility index (Phi) is 8.94. The Labute approximate surface area is 215 Å². The second-order valence-electron chi connectivity index (χ2n) is 10.2. The summed E-state index contributed by atoms with van der Waals surface area (Å²) in [4.78, 5) is 29.6. The second kappa shape index (κ2) is 12.5. The van der Waals surface area contributed by atoms with Crippen LogP contribution in [0.2, 0.25) is 0 Å². The van der Waals surface area contributed by atoms with E-state index in [1.54, 1.807) is 0 Å². The first-order valence-electron chi connectivity index (χ1n) is 13.2. The highest BCUT2D eigenvalue weighted by Crippen LogP contribution is 2.21. The van der Waals surface area contributed by atoms with Crippen LogP contribution in [0.3, 0.4) is 0 Å². The van der Waals surface area contributed by atoms with Crippen LogP contribution in [-0.2, 0) is 29.0 Å². The zero-order chi connectivity index (χ0) is 25.3. The molecule has 1 N–H and O–H groups in total. The molecule has 1 aliphatic rings. The van der Waals surface area contributed by atoms with Gasteiger partial charge in [0, 0.05) is 19.0 Å². The first-order chi connectivity index (χ1) is 17.5. The highest BCUT2D eigenvalue weighted by Gasteiger charge is 2.32. The number of hydrogen-bond donors (Lipinski definition) is 1. The minimum atomic E-state index is -0.577. The summed E-state index contributed by atoms with van der Waals surface area (Å²) in [5, 5.41) is 3.31. The van der Waals surface area contributed by atoms with Crippen molar-refractivity contribution >= 4 is 11.8 Å². The number of aryl methyl sites for hydroxylation is 2. The van der Waals surface area contributed by atoms with Crippen LogP contribution in [0.15, 0.2) is 78.9 Å². The monoisotopic (exact) mass is 482 g/mol. The van der Waals surface area contributed by atoms with E-state index in [0.717, 1.165) is 53.5 Å². The summed E-state index contributed by atoms with van der Waals surface area (Å²) in [6, 6.07) is 25.9. The molecular weight excluding hydrogens is 444 g/mol.